The van der Waals surface area contributed by atoms with Gasteiger partial charge in [0, 0.05) is 31.1 Å². The van der Waals surface area contributed by atoms with Crippen molar-refractivity contribution in [2.24, 2.45) is 11.8 Å². The molecule has 2 aromatic heterocycles. The van der Waals surface area contributed by atoms with Crippen molar-refractivity contribution in [1.82, 2.24) is 19.9 Å². The highest BCUT2D eigenvalue weighted by Gasteiger charge is 2.47. The molecule has 12 heteroatoms. The van der Waals surface area contributed by atoms with Crippen molar-refractivity contribution in [3.63, 3.8) is 0 Å². The van der Waals surface area contributed by atoms with E-state index in [9.17, 15) is 9.18 Å². The molecule has 0 spiro atoms. The molecule has 2 saturated heterocycles. The van der Waals surface area contributed by atoms with Crippen LogP contribution in [-0.4, -0.2) is 64.0 Å². The number of halogens is 2. The average Bonchev–Trinajstić information content (AvgIpc) is 3.35. The number of rotatable bonds is 6. The van der Waals surface area contributed by atoms with E-state index >= 15 is 4.39 Å². The van der Waals surface area contributed by atoms with Crippen molar-refractivity contribution >= 4 is 28.9 Å². The van der Waals surface area contributed by atoms with Crippen LogP contribution < -0.4 is 10.1 Å². The fraction of sp³-hybridized carbons (Fsp3) is 0.440. The Bertz CT molecular complexity index is 1290. The molecule has 1 N–H and O–H groups in total. The molecule has 0 radical (unpaired) electrons. The van der Waals surface area contributed by atoms with Crippen LogP contribution in [0.15, 0.2) is 36.2 Å². The summed E-state index contributed by atoms with van der Waals surface area (Å²) >= 11 is 1.40. The van der Waals surface area contributed by atoms with Crippen molar-refractivity contribution in [2.75, 3.05) is 31.6 Å². The second-order valence-corrected chi connectivity index (χ2v) is 10.8. The Morgan fingerprint density at radius 1 is 1.22 bits per heavy atom. The van der Waals surface area contributed by atoms with E-state index in [4.69, 9.17) is 14.2 Å². The quantitative estimate of drug-likeness (QED) is 0.493. The number of likely N-dealkylation sites (tertiary alicyclic amines) is 1. The van der Waals surface area contributed by atoms with Crippen LogP contribution in [0.1, 0.15) is 19.8 Å². The lowest BCUT2D eigenvalue weighted by Gasteiger charge is -2.46. The van der Waals surface area contributed by atoms with Crippen LogP contribution in [0, 0.1) is 23.5 Å². The molecule has 2 bridgehead atoms. The molecule has 3 aliphatic rings. The largest absolute Gasteiger partial charge is 0.471 e. The summed E-state index contributed by atoms with van der Waals surface area (Å²) < 4.78 is 47.5. The number of hydrogen-bond acceptors (Lipinski definition) is 9. The first-order valence-corrected chi connectivity index (χ1v) is 12.9. The number of carbonyl (C=O) groups is 1. The van der Waals surface area contributed by atoms with Gasteiger partial charge in [-0.2, -0.15) is 9.37 Å². The smallest absolute Gasteiger partial charge is 0.410 e. The molecule has 6 rings (SSSR count). The fourth-order valence-electron chi connectivity index (χ4n) is 4.70. The number of ether oxygens (including phenoxy) is 3. The number of nitrogens with one attached hydrogen (secondary N) is 1. The number of carbonyl (C=O) groups excluding carboxylic acids is 1. The minimum absolute atomic E-state index is 0.0678. The molecule has 1 amide bonds. The molecule has 1 aromatic carbocycles. The number of anilines is 2. The molecular formula is C25H25F2N5O4S. The summed E-state index contributed by atoms with van der Waals surface area (Å²) in [7, 11) is 0. The van der Waals surface area contributed by atoms with Gasteiger partial charge in [0.05, 0.1) is 29.3 Å². The van der Waals surface area contributed by atoms with Crippen LogP contribution in [0.5, 0.6) is 5.88 Å². The first kappa shape index (κ1) is 24.0. The van der Waals surface area contributed by atoms with Gasteiger partial charge < -0.3 is 24.4 Å². The van der Waals surface area contributed by atoms with Crippen LogP contribution in [0.4, 0.5) is 25.1 Å². The maximum atomic E-state index is 15.4. The van der Waals surface area contributed by atoms with Crippen molar-refractivity contribution in [3.05, 3.63) is 47.9 Å². The molecule has 4 heterocycles. The Labute approximate surface area is 215 Å². The minimum atomic E-state index is -0.823. The Morgan fingerprint density at radius 2 is 2.00 bits per heavy atom. The number of amides is 1. The maximum Gasteiger partial charge on any atom is 0.410 e. The maximum absolute atomic E-state index is 15.4. The number of piperidine rings is 1. The van der Waals surface area contributed by atoms with E-state index < -0.39 is 17.7 Å². The van der Waals surface area contributed by atoms with Crippen LogP contribution in [0.3, 0.4) is 0 Å². The highest BCUT2D eigenvalue weighted by molar-refractivity contribution is 7.13. The molecule has 2 aliphatic heterocycles. The molecule has 9 nitrogen and oxygen atoms in total. The standard InChI is InChI=1S/C25H25F2N5O4S/c1-25(4-5-25)36-24(33)32-8-15-10-34-11-16(9-32)21(15)35-23-20(27)22(29-12-30-23)31-18-3-2-14(6-17(18)26)19-7-28-13-37-19/h2-3,6-7,12-13,15-16,21H,4-5,8-11H2,1H3,(H,29,30,31). The average molecular weight is 530 g/mol. The normalized spacial score (nSPS) is 23.9. The van der Waals surface area contributed by atoms with Gasteiger partial charge in [-0.1, -0.05) is 6.07 Å². The van der Waals surface area contributed by atoms with E-state index in [1.807, 2.05) is 6.92 Å². The number of thiazole rings is 1. The number of hydrogen-bond donors (Lipinski definition) is 1. The Morgan fingerprint density at radius 3 is 2.68 bits per heavy atom. The Hall–Kier alpha value is -3.38. The highest BCUT2D eigenvalue weighted by Crippen LogP contribution is 2.40. The number of aromatic nitrogens is 3. The third kappa shape index (κ3) is 4.95. The number of nitrogens with zero attached hydrogens (tertiary/aromatic N) is 4. The van der Waals surface area contributed by atoms with Crippen LogP contribution in [0.25, 0.3) is 10.4 Å². The summed E-state index contributed by atoms with van der Waals surface area (Å²) in [4.78, 5) is 27.1. The van der Waals surface area contributed by atoms with Gasteiger partial charge in [-0.15, -0.1) is 11.3 Å². The van der Waals surface area contributed by atoms with E-state index in [1.165, 1.54) is 29.8 Å². The monoisotopic (exact) mass is 529 g/mol. The highest BCUT2D eigenvalue weighted by atomic mass is 32.1. The summed E-state index contributed by atoms with van der Waals surface area (Å²) in [6.45, 7) is 3.43. The SMILES string of the molecule is CC1(OC(=O)N2CC3COCC(C2)C3Oc2ncnc(Nc3ccc(-c4cncs4)cc3F)c2F)CC1. The summed E-state index contributed by atoms with van der Waals surface area (Å²) in [6.07, 6.45) is 3.83. The van der Waals surface area contributed by atoms with Crippen LogP contribution in [0.2, 0.25) is 0 Å². The predicted octanol–water partition coefficient (Wildman–Crippen LogP) is 4.64. The van der Waals surface area contributed by atoms with Crippen LogP contribution in [-0.2, 0) is 9.47 Å². The van der Waals surface area contributed by atoms with Gasteiger partial charge in [0.2, 0.25) is 5.82 Å². The first-order chi connectivity index (χ1) is 17.9. The lowest BCUT2D eigenvalue weighted by Crippen LogP contribution is -2.59. The molecule has 1 saturated carbocycles. The third-order valence-corrected chi connectivity index (χ3v) is 7.82. The Kier molecular flexibility index (Phi) is 6.15. The van der Waals surface area contributed by atoms with E-state index in [1.54, 1.807) is 22.7 Å². The zero-order valence-electron chi connectivity index (χ0n) is 20.0. The molecule has 194 valence electrons. The van der Waals surface area contributed by atoms with Gasteiger partial charge in [-0.25, -0.2) is 14.2 Å². The lowest BCUT2D eigenvalue weighted by atomic mass is 9.84. The summed E-state index contributed by atoms with van der Waals surface area (Å²) in [5, 5.41) is 2.70. The summed E-state index contributed by atoms with van der Waals surface area (Å²) in [5.74, 6) is -2.16. The van der Waals surface area contributed by atoms with Gasteiger partial charge in [0.1, 0.15) is 23.8 Å². The van der Waals surface area contributed by atoms with Crippen LogP contribution >= 0.6 is 11.3 Å². The molecule has 3 fully saturated rings. The third-order valence-electron chi connectivity index (χ3n) is 6.99. The van der Waals surface area contributed by atoms with Gasteiger partial charge in [0.15, 0.2) is 5.82 Å². The van der Waals surface area contributed by atoms with Gasteiger partial charge in [-0.3, -0.25) is 4.98 Å². The summed E-state index contributed by atoms with van der Waals surface area (Å²) in [5.41, 5.74) is 2.05. The van der Waals surface area contributed by atoms with E-state index in [0.717, 1.165) is 17.7 Å². The molecule has 1 aliphatic carbocycles. The van der Waals surface area contributed by atoms with Gasteiger partial charge in [-0.05, 0) is 37.5 Å². The Balaban J connectivity index is 1.16. The number of fused-ring (bicyclic) bond motifs is 2. The predicted molar refractivity (Wildman–Crippen MR) is 131 cm³/mol. The number of benzene rings is 1. The van der Waals surface area contributed by atoms with Crippen molar-refractivity contribution in [3.8, 4) is 16.3 Å². The second kappa shape index (κ2) is 9.49. The molecule has 37 heavy (non-hydrogen) atoms. The molecule has 3 aromatic rings. The fourth-order valence-corrected chi connectivity index (χ4v) is 5.32. The first-order valence-electron chi connectivity index (χ1n) is 12.1. The minimum Gasteiger partial charge on any atom is -0.471 e. The zero-order chi connectivity index (χ0) is 25.6. The van der Waals surface area contributed by atoms with Gasteiger partial charge in [0.25, 0.3) is 5.88 Å². The van der Waals surface area contributed by atoms with E-state index in [0.29, 0.717) is 31.9 Å². The molecular weight excluding hydrogens is 504 g/mol. The molecule has 2 atom stereocenters. The van der Waals surface area contributed by atoms with Gasteiger partial charge >= 0.3 is 6.09 Å². The van der Waals surface area contributed by atoms with E-state index in [2.05, 4.69) is 20.3 Å². The van der Waals surface area contributed by atoms with E-state index in [-0.39, 0.29) is 40.9 Å². The zero-order valence-corrected chi connectivity index (χ0v) is 20.8. The van der Waals surface area contributed by atoms with Crippen molar-refractivity contribution < 1.29 is 27.8 Å². The van der Waals surface area contributed by atoms with Crippen molar-refractivity contribution in [1.29, 1.82) is 0 Å². The van der Waals surface area contributed by atoms with Crippen molar-refractivity contribution in [2.45, 2.75) is 31.5 Å². The lowest BCUT2D eigenvalue weighted by molar-refractivity contribution is -0.112. The second-order valence-electron chi connectivity index (χ2n) is 9.89. The summed E-state index contributed by atoms with van der Waals surface area (Å²) in [6, 6.07) is 4.60. The topological polar surface area (TPSA) is 98.7 Å². The molecule has 2 unspecified atom stereocenters.